The zero-order valence-corrected chi connectivity index (χ0v) is 17.9. The van der Waals surface area contributed by atoms with Crippen LogP contribution in [0.2, 0.25) is 0 Å². The normalized spacial score (nSPS) is 11.3. The molecule has 0 saturated carbocycles. The molecule has 4 rings (SSSR count). The number of ether oxygens (including phenoxy) is 1. The van der Waals surface area contributed by atoms with E-state index in [0.29, 0.717) is 18.5 Å². The first-order valence-corrected chi connectivity index (χ1v) is 10.7. The summed E-state index contributed by atoms with van der Waals surface area (Å²) in [6.07, 6.45) is 2.29. The predicted octanol–water partition coefficient (Wildman–Crippen LogP) is 5.36. The number of esters is 1. The third-order valence-electron chi connectivity index (χ3n) is 5.53. The Morgan fingerprint density at radius 3 is 1.78 bits per heavy atom. The maximum absolute atomic E-state index is 15.6. The van der Waals surface area contributed by atoms with Crippen molar-refractivity contribution in [3.05, 3.63) is 126 Å². The smallest absolute Gasteiger partial charge is 0.302 e. The van der Waals surface area contributed by atoms with E-state index in [1.807, 2.05) is 91.0 Å². The van der Waals surface area contributed by atoms with Crippen LogP contribution < -0.4 is 0 Å². The lowest BCUT2D eigenvalue weighted by Crippen LogP contribution is -2.38. The molecule has 0 aliphatic carbocycles. The molecular weight excluding hydrogens is 403 g/mol. The summed E-state index contributed by atoms with van der Waals surface area (Å²) >= 11 is 0. The molecule has 3 aromatic carbocycles. The van der Waals surface area contributed by atoms with Crippen LogP contribution in [0.5, 0.6) is 0 Å². The van der Waals surface area contributed by atoms with Gasteiger partial charge in [0.2, 0.25) is 0 Å². The topological polar surface area (TPSA) is 44.1 Å². The lowest BCUT2D eigenvalue weighted by atomic mass is 9.76. The second kappa shape index (κ2) is 9.60. The highest BCUT2D eigenvalue weighted by Gasteiger charge is 2.40. The number of halogens is 1. The van der Waals surface area contributed by atoms with Gasteiger partial charge in [0.25, 0.3) is 6.08 Å². The molecule has 4 aromatic rings. The third-order valence-corrected chi connectivity index (χ3v) is 5.53. The lowest BCUT2D eigenvalue weighted by molar-refractivity contribution is -0.141. The first-order chi connectivity index (χ1) is 15.6. The predicted molar refractivity (Wildman–Crippen MR) is 122 cm³/mol. The molecule has 0 N–H and O–H groups in total. The van der Waals surface area contributed by atoms with Crippen molar-refractivity contribution in [1.82, 2.24) is 9.55 Å². The summed E-state index contributed by atoms with van der Waals surface area (Å²) in [5.74, 6) is -0.321. The number of hydrogen-bond acceptors (Lipinski definition) is 3. The summed E-state index contributed by atoms with van der Waals surface area (Å²) in [5.41, 5.74) is 2.47. The summed E-state index contributed by atoms with van der Waals surface area (Å²) in [7, 11) is 0. The van der Waals surface area contributed by atoms with Gasteiger partial charge in [-0.1, -0.05) is 91.0 Å². The largest absolute Gasteiger partial charge is 0.466 e. The maximum Gasteiger partial charge on any atom is 0.302 e. The molecule has 0 bridgehead atoms. The van der Waals surface area contributed by atoms with Gasteiger partial charge in [-0.2, -0.15) is 4.39 Å². The molecule has 0 saturated heterocycles. The highest BCUT2D eigenvalue weighted by atomic mass is 19.1. The fraction of sp³-hybridized carbons (Fsp3) is 0.185. The Balaban J connectivity index is 1.88. The lowest BCUT2D eigenvalue weighted by Gasteiger charge is -2.37. The van der Waals surface area contributed by atoms with Crippen LogP contribution in [0.1, 0.15) is 35.7 Å². The highest BCUT2D eigenvalue weighted by Crippen LogP contribution is 2.41. The number of hydrogen-bond donors (Lipinski definition) is 0. The molecule has 0 aliphatic rings. The van der Waals surface area contributed by atoms with Crippen molar-refractivity contribution < 1.29 is 13.9 Å². The van der Waals surface area contributed by atoms with Gasteiger partial charge in [0.1, 0.15) is 5.54 Å². The molecule has 0 unspecified atom stereocenters. The second-order valence-electron chi connectivity index (χ2n) is 7.62. The number of carbonyl (C=O) groups excluding carboxylic acids is 1. The molecule has 4 nitrogen and oxygen atoms in total. The molecule has 0 spiro atoms. The van der Waals surface area contributed by atoms with E-state index in [4.69, 9.17) is 4.74 Å². The van der Waals surface area contributed by atoms with Gasteiger partial charge < -0.3 is 4.74 Å². The number of aryl methyl sites for hydroxylation is 1. The summed E-state index contributed by atoms with van der Waals surface area (Å²) < 4.78 is 22.2. The zero-order valence-electron chi connectivity index (χ0n) is 17.9. The average molecular weight is 429 g/mol. The van der Waals surface area contributed by atoms with E-state index in [1.54, 1.807) is 10.8 Å². The Kier molecular flexibility index (Phi) is 6.45. The molecule has 0 radical (unpaired) electrons. The number of benzene rings is 3. The van der Waals surface area contributed by atoms with Crippen molar-refractivity contribution in [2.75, 3.05) is 6.61 Å². The van der Waals surface area contributed by atoms with Crippen LogP contribution in [0.25, 0.3) is 0 Å². The van der Waals surface area contributed by atoms with Gasteiger partial charge in [-0.05, 0) is 29.5 Å². The maximum atomic E-state index is 15.6. The van der Waals surface area contributed by atoms with Gasteiger partial charge in [-0.25, -0.2) is 4.98 Å². The molecule has 1 aromatic heterocycles. The zero-order chi connectivity index (χ0) is 22.4. The standard InChI is InChI=1S/C27H25FN2O2/c1-21(31)32-19-11-18-25-20-30(26(28)29-25)27(22-12-5-2-6-13-22,23-14-7-3-8-15-23)24-16-9-4-10-17-24/h2-10,12-17,20H,11,18-19H2,1H3. The van der Waals surface area contributed by atoms with Crippen LogP contribution in [0.4, 0.5) is 4.39 Å². The minimum absolute atomic E-state index is 0.283. The number of aromatic nitrogens is 2. The van der Waals surface area contributed by atoms with Gasteiger partial charge in [0.05, 0.1) is 12.3 Å². The summed E-state index contributed by atoms with van der Waals surface area (Å²) in [5, 5.41) is 0. The highest BCUT2D eigenvalue weighted by molar-refractivity contribution is 5.65. The van der Waals surface area contributed by atoms with Gasteiger partial charge >= 0.3 is 5.97 Å². The summed E-state index contributed by atoms with van der Waals surface area (Å²) in [6.45, 7) is 1.66. The first kappa shape index (κ1) is 21.5. The minimum atomic E-state index is -0.936. The number of carbonyl (C=O) groups is 1. The molecule has 0 aliphatic heterocycles. The van der Waals surface area contributed by atoms with Gasteiger partial charge in [-0.3, -0.25) is 9.36 Å². The molecule has 0 fully saturated rings. The number of imidazole rings is 1. The van der Waals surface area contributed by atoms with Crippen molar-refractivity contribution in [2.45, 2.75) is 25.3 Å². The van der Waals surface area contributed by atoms with E-state index >= 15 is 4.39 Å². The Hall–Kier alpha value is -3.73. The van der Waals surface area contributed by atoms with Gasteiger partial charge in [-0.15, -0.1) is 0 Å². The molecular formula is C27H25FN2O2. The van der Waals surface area contributed by atoms with Crippen LogP contribution in [-0.4, -0.2) is 22.1 Å². The second-order valence-corrected chi connectivity index (χ2v) is 7.62. The molecule has 0 atom stereocenters. The van der Waals surface area contributed by atoms with Crippen molar-refractivity contribution in [1.29, 1.82) is 0 Å². The Morgan fingerprint density at radius 1 is 0.875 bits per heavy atom. The van der Waals surface area contributed by atoms with E-state index in [2.05, 4.69) is 4.98 Å². The Labute approximate surface area is 187 Å². The van der Waals surface area contributed by atoms with Crippen molar-refractivity contribution in [2.24, 2.45) is 0 Å². The Morgan fingerprint density at radius 2 is 1.34 bits per heavy atom. The van der Waals surface area contributed by atoms with E-state index in [9.17, 15) is 4.79 Å². The van der Waals surface area contributed by atoms with Crippen molar-refractivity contribution in [3.8, 4) is 0 Å². The minimum Gasteiger partial charge on any atom is -0.466 e. The Bertz CT molecular complexity index is 1060. The summed E-state index contributed by atoms with van der Waals surface area (Å²) in [4.78, 5) is 15.2. The molecule has 1 heterocycles. The monoisotopic (exact) mass is 428 g/mol. The first-order valence-electron chi connectivity index (χ1n) is 10.7. The summed E-state index contributed by atoms with van der Waals surface area (Å²) in [6, 6.07) is 29.7. The van der Waals surface area contributed by atoms with Crippen LogP contribution in [-0.2, 0) is 21.5 Å². The van der Waals surface area contributed by atoms with Crippen LogP contribution >= 0.6 is 0 Å². The molecule has 32 heavy (non-hydrogen) atoms. The van der Waals surface area contributed by atoms with E-state index in [-0.39, 0.29) is 12.6 Å². The molecule has 0 amide bonds. The quantitative estimate of drug-likeness (QED) is 0.216. The SMILES string of the molecule is CC(=O)OCCCc1cn(C(c2ccccc2)(c2ccccc2)c2ccccc2)c(F)n1. The van der Waals surface area contributed by atoms with E-state index in [1.165, 1.54) is 6.92 Å². The van der Waals surface area contributed by atoms with Crippen LogP contribution in [0.3, 0.4) is 0 Å². The number of rotatable bonds is 8. The van der Waals surface area contributed by atoms with E-state index in [0.717, 1.165) is 16.7 Å². The van der Waals surface area contributed by atoms with Crippen molar-refractivity contribution >= 4 is 5.97 Å². The average Bonchev–Trinajstić information content (AvgIpc) is 3.20. The van der Waals surface area contributed by atoms with Gasteiger partial charge in [0, 0.05) is 13.1 Å². The number of nitrogens with zero attached hydrogens (tertiary/aromatic N) is 2. The molecule has 162 valence electrons. The van der Waals surface area contributed by atoms with E-state index < -0.39 is 11.6 Å². The van der Waals surface area contributed by atoms with Crippen LogP contribution in [0.15, 0.2) is 97.2 Å². The van der Waals surface area contributed by atoms with Crippen LogP contribution in [0, 0.1) is 6.08 Å². The van der Waals surface area contributed by atoms with Gasteiger partial charge in [0.15, 0.2) is 0 Å². The fourth-order valence-electron chi connectivity index (χ4n) is 4.18. The molecule has 5 heteroatoms. The third kappa shape index (κ3) is 4.19. The van der Waals surface area contributed by atoms with Crippen molar-refractivity contribution in [3.63, 3.8) is 0 Å². The fourth-order valence-corrected chi connectivity index (χ4v) is 4.18.